The van der Waals surface area contributed by atoms with Crippen molar-refractivity contribution in [2.24, 2.45) is 7.05 Å². The van der Waals surface area contributed by atoms with Crippen molar-refractivity contribution in [3.8, 4) is 0 Å². The van der Waals surface area contributed by atoms with Crippen molar-refractivity contribution in [3.05, 3.63) is 67.7 Å². The summed E-state index contributed by atoms with van der Waals surface area (Å²) in [5, 5.41) is 0.776. The minimum atomic E-state index is -0.506. The molecule has 3 aromatic heterocycles. The van der Waals surface area contributed by atoms with Crippen LogP contribution >= 0.6 is 0 Å². The van der Waals surface area contributed by atoms with Gasteiger partial charge in [0, 0.05) is 24.7 Å². The lowest BCUT2D eigenvalue weighted by Crippen LogP contribution is -2.31. The van der Waals surface area contributed by atoms with Crippen LogP contribution in [0.3, 0.4) is 0 Å². The average Bonchev–Trinajstić information content (AvgIpc) is 3.39. The van der Waals surface area contributed by atoms with Gasteiger partial charge in [-0.05, 0) is 37.3 Å². The molecule has 0 saturated carbocycles. The SMILES string of the molecule is CCCCn1c(=O)[nH]c(=O)c2c1nc(COC(=O)c1c3c(nc4ccccc14)CCC3)n2C. The summed E-state index contributed by atoms with van der Waals surface area (Å²) in [7, 11) is 1.68. The molecule has 9 heteroatoms. The smallest absolute Gasteiger partial charge is 0.339 e. The van der Waals surface area contributed by atoms with E-state index in [1.54, 1.807) is 11.6 Å². The lowest BCUT2D eigenvalue weighted by molar-refractivity contribution is 0.0461. The van der Waals surface area contributed by atoms with Gasteiger partial charge in [0.25, 0.3) is 5.56 Å². The number of aromatic nitrogens is 5. The Balaban J connectivity index is 1.51. The summed E-state index contributed by atoms with van der Waals surface area (Å²) in [5.74, 6) is -0.0363. The number of nitrogens with one attached hydrogen (secondary N) is 1. The van der Waals surface area contributed by atoms with Crippen molar-refractivity contribution in [2.45, 2.75) is 52.2 Å². The lowest BCUT2D eigenvalue weighted by Gasteiger charge is -2.12. The van der Waals surface area contributed by atoms with Crippen LogP contribution in [-0.2, 0) is 37.8 Å². The molecule has 0 aliphatic heterocycles. The zero-order valence-electron chi connectivity index (χ0n) is 18.7. The minimum Gasteiger partial charge on any atom is -0.454 e. The van der Waals surface area contributed by atoms with Crippen LogP contribution in [0.25, 0.3) is 22.1 Å². The van der Waals surface area contributed by atoms with Crippen LogP contribution in [0.1, 0.15) is 53.6 Å². The van der Waals surface area contributed by atoms with Gasteiger partial charge >= 0.3 is 11.7 Å². The highest BCUT2D eigenvalue weighted by atomic mass is 16.5. The number of unbranched alkanes of at least 4 members (excludes halogenated alkanes) is 1. The van der Waals surface area contributed by atoms with E-state index >= 15 is 0 Å². The van der Waals surface area contributed by atoms with Gasteiger partial charge in [0.1, 0.15) is 12.4 Å². The number of aromatic amines is 1. The highest BCUT2D eigenvalue weighted by Crippen LogP contribution is 2.30. The molecule has 9 nitrogen and oxygen atoms in total. The molecule has 0 atom stereocenters. The van der Waals surface area contributed by atoms with E-state index in [4.69, 9.17) is 9.72 Å². The van der Waals surface area contributed by atoms with Crippen molar-refractivity contribution in [1.29, 1.82) is 0 Å². The Morgan fingerprint density at radius 2 is 2.00 bits per heavy atom. The molecule has 1 N–H and O–H groups in total. The predicted octanol–water partition coefficient (Wildman–Crippen LogP) is 2.62. The largest absolute Gasteiger partial charge is 0.454 e. The highest BCUT2D eigenvalue weighted by Gasteiger charge is 2.25. The van der Waals surface area contributed by atoms with Gasteiger partial charge in [0.2, 0.25) is 0 Å². The Labute approximate surface area is 189 Å². The molecule has 0 spiro atoms. The number of ether oxygens (including phenoxy) is 1. The van der Waals surface area contributed by atoms with Gasteiger partial charge in [0.05, 0.1) is 11.1 Å². The molecule has 5 rings (SSSR count). The summed E-state index contributed by atoms with van der Waals surface area (Å²) in [5.41, 5.74) is 2.84. The van der Waals surface area contributed by atoms with E-state index < -0.39 is 17.2 Å². The first-order valence-corrected chi connectivity index (χ1v) is 11.3. The van der Waals surface area contributed by atoms with Crippen LogP contribution in [0.2, 0.25) is 0 Å². The molecule has 0 fully saturated rings. The van der Waals surface area contributed by atoms with E-state index in [9.17, 15) is 14.4 Å². The lowest BCUT2D eigenvalue weighted by atomic mass is 10.0. The quantitative estimate of drug-likeness (QED) is 0.455. The molecule has 0 unspecified atom stereocenters. The van der Waals surface area contributed by atoms with Crippen molar-refractivity contribution < 1.29 is 9.53 Å². The Bertz CT molecular complexity index is 1510. The Morgan fingerprint density at radius 3 is 2.82 bits per heavy atom. The second-order valence-corrected chi connectivity index (χ2v) is 8.38. The van der Waals surface area contributed by atoms with Crippen LogP contribution in [-0.4, -0.2) is 30.1 Å². The summed E-state index contributed by atoms with van der Waals surface area (Å²) in [6.07, 6.45) is 4.28. The molecule has 4 aromatic rings. The first kappa shape index (κ1) is 21.1. The molecule has 0 radical (unpaired) electrons. The van der Waals surface area contributed by atoms with Crippen LogP contribution in [0.4, 0.5) is 0 Å². The molecule has 3 heterocycles. The van der Waals surface area contributed by atoms with Gasteiger partial charge in [-0.2, -0.15) is 0 Å². The van der Waals surface area contributed by atoms with Crippen molar-refractivity contribution in [2.75, 3.05) is 0 Å². The molecule has 1 aliphatic carbocycles. The summed E-state index contributed by atoms with van der Waals surface area (Å²) in [6, 6.07) is 7.58. The molecule has 170 valence electrons. The van der Waals surface area contributed by atoms with E-state index in [0.717, 1.165) is 54.3 Å². The van der Waals surface area contributed by atoms with Crippen LogP contribution < -0.4 is 11.2 Å². The average molecular weight is 447 g/mol. The number of hydrogen-bond acceptors (Lipinski definition) is 6. The summed E-state index contributed by atoms with van der Waals surface area (Å²) < 4.78 is 8.75. The van der Waals surface area contributed by atoms with Gasteiger partial charge < -0.3 is 9.30 Å². The number of esters is 1. The molecule has 0 amide bonds. The highest BCUT2D eigenvalue weighted by molar-refractivity contribution is 6.05. The predicted molar refractivity (Wildman–Crippen MR) is 123 cm³/mol. The molecular weight excluding hydrogens is 422 g/mol. The number of para-hydroxylation sites is 1. The molecule has 1 aliphatic rings. The molecule has 0 saturated heterocycles. The number of carbonyl (C=O) groups is 1. The molecular formula is C24H25N5O4. The van der Waals surface area contributed by atoms with Crippen LogP contribution in [0.5, 0.6) is 0 Å². The summed E-state index contributed by atoms with van der Waals surface area (Å²) in [4.78, 5) is 49.6. The Kier molecular flexibility index (Phi) is 5.32. The van der Waals surface area contributed by atoms with Crippen LogP contribution in [0.15, 0.2) is 33.9 Å². The standard InChI is InChI=1S/C24H25N5O4/c1-3-4-12-29-21-20(22(30)27-24(29)32)28(2)18(26-21)13-33-23(31)19-14-8-5-6-10-16(14)25-17-11-7-9-15(17)19/h5-6,8,10H,3-4,7,9,11-13H2,1-2H3,(H,27,30,32). The number of hydrogen-bond donors (Lipinski definition) is 1. The van der Waals surface area contributed by atoms with E-state index in [0.29, 0.717) is 23.6 Å². The maximum atomic E-state index is 13.2. The monoisotopic (exact) mass is 447 g/mol. The first-order chi connectivity index (χ1) is 16.0. The summed E-state index contributed by atoms with van der Waals surface area (Å²) >= 11 is 0. The molecule has 1 aromatic carbocycles. The van der Waals surface area contributed by atoms with Gasteiger partial charge in [-0.1, -0.05) is 31.5 Å². The van der Waals surface area contributed by atoms with Crippen molar-refractivity contribution in [1.82, 2.24) is 24.1 Å². The Morgan fingerprint density at radius 1 is 1.18 bits per heavy atom. The number of pyridine rings is 1. The molecule has 33 heavy (non-hydrogen) atoms. The third-order valence-electron chi connectivity index (χ3n) is 6.30. The fourth-order valence-corrected chi connectivity index (χ4v) is 4.59. The maximum absolute atomic E-state index is 13.2. The van der Waals surface area contributed by atoms with Crippen LogP contribution in [0, 0.1) is 0 Å². The Hall–Kier alpha value is -3.75. The number of carbonyl (C=O) groups excluding carboxylic acids is 1. The molecule has 0 bridgehead atoms. The van der Waals surface area contributed by atoms with Gasteiger partial charge in [-0.3, -0.25) is 19.3 Å². The number of rotatable bonds is 6. The number of imidazole rings is 1. The number of aryl methyl sites for hydroxylation is 3. The van der Waals surface area contributed by atoms with E-state index in [2.05, 4.69) is 9.97 Å². The second kappa shape index (κ2) is 8.31. The third-order valence-corrected chi connectivity index (χ3v) is 6.30. The fourth-order valence-electron chi connectivity index (χ4n) is 4.59. The summed E-state index contributed by atoms with van der Waals surface area (Å²) in [6.45, 7) is 2.36. The van der Waals surface area contributed by atoms with Gasteiger partial charge in [-0.25, -0.2) is 14.6 Å². The first-order valence-electron chi connectivity index (χ1n) is 11.3. The number of benzene rings is 1. The second-order valence-electron chi connectivity index (χ2n) is 8.38. The van der Waals surface area contributed by atoms with E-state index in [-0.39, 0.29) is 12.1 Å². The third kappa shape index (κ3) is 3.53. The minimum absolute atomic E-state index is 0.114. The maximum Gasteiger partial charge on any atom is 0.339 e. The zero-order chi connectivity index (χ0) is 23.1. The normalized spacial score (nSPS) is 13.0. The van der Waals surface area contributed by atoms with Gasteiger partial charge in [-0.15, -0.1) is 0 Å². The number of fused-ring (bicyclic) bond motifs is 3. The van der Waals surface area contributed by atoms with E-state index in [1.807, 2.05) is 31.2 Å². The van der Waals surface area contributed by atoms with Crippen molar-refractivity contribution >= 4 is 28.0 Å². The number of H-pyrrole nitrogens is 1. The topological polar surface area (TPSA) is 112 Å². The van der Waals surface area contributed by atoms with E-state index in [1.165, 1.54) is 4.57 Å². The zero-order valence-corrected chi connectivity index (χ0v) is 18.7. The van der Waals surface area contributed by atoms with Gasteiger partial charge in [0.15, 0.2) is 11.2 Å². The van der Waals surface area contributed by atoms with Crippen molar-refractivity contribution in [3.63, 3.8) is 0 Å². The number of nitrogens with zero attached hydrogens (tertiary/aromatic N) is 4. The fraction of sp³-hybridized carbons (Fsp3) is 0.375.